The Kier molecular flexibility index (Phi) is 8.23. The molecule has 0 spiro atoms. The molecule has 1 N–H and O–H groups in total. The molecule has 2 fully saturated rings. The zero-order chi connectivity index (χ0) is 22.4. The van der Waals surface area contributed by atoms with Gasteiger partial charge in [-0.05, 0) is 38.8 Å². The summed E-state index contributed by atoms with van der Waals surface area (Å²) < 4.78 is 17.3. The minimum atomic E-state index is -1.74. The number of hydrogen-bond acceptors (Lipinski definition) is 8. The molecular weight excluding hydrogens is 436 g/mol. The van der Waals surface area contributed by atoms with E-state index in [0.29, 0.717) is 11.3 Å². The quantitative estimate of drug-likeness (QED) is 0.339. The van der Waals surface area contributed by atoms with Gasteiger partial charge in [0.15, 0.2) is 6.29 Å². The number of rotatable bonds is 9. The number of carbonyl (C=O) groups is 2. The second-order valence-electron chi connectivity index (χ2n) is 7.40. The van der Waals surface area contributed by atoms with Crippen molar-refractivity contribution >= 4 is 46.0 Å². The van der Waals surface area contributed by atoms with Crippen molar-refractivity contribution in [3.8, 4) is 0 Å². The second kappa shape index (κ2) is 10.7. The molecule has 2 aliphatic heterocycles. The number of ether oxygens (including phenoxy) is 3. The molecule has 2 saturated heterocycles. The van der Waals surface area contributed by atoms with E-state index >= 15 is 0 Å². The summed E-state index contributed by atoms with van der Waals surface area (Å²) in [4.78, 5) is 29.1. The van der Waals surface area contributed by atoms with Crippen molar-refractivity contribution in [3.63, 3.8) is 0 Å². The fraction of sp³-hybridized carbons (Fsp3) is 0.545. The average Bonchev–Trinajstić information content (AvgIpc) is 3.40. The molecule has 2 atom stereocenters. The first-order valence-electron chi connectivity index (χ1n) is 10.5. The zero-order valence-corrected chi connectivity index (χ0v) is 19.4. The maximum absolute atomic E-state index is 13.7. The zero-order valence-electron chi connectivity index (χ0n) is 17.8. The maximum Gasteiger partial charge on any atom is 0.343 e. The second-order valence-corrected chi connectivity index (χ2v) is 8.30. The fourth-order valence-corrected chi connectivity index (χ4v) is 4.61. The van der Waals surface area contributed by atoms with Gasteiger partial charge in [0.05, 0.1) is 22.3 Å². The van der Waals surface area contributed by atoms with E-state index in [9.17, 15) is 9.59 Å². The summed E-state index contributed by atoms with van der Waals surface area (Å²) in [6.07, 6.45) is 0.437. The Morgan fingerprint density at radius 1 is 1.19 bits per heavy atom. The van der Waals surface area contributed by atoms with Crippen LogP contribution in [0.4, 0.5) is 0 Å². The molecule has 0 aromatic heterocycles. The third kappa shape index (κ3) is 4.70. The van der Waals surface area contributed by atoms with Crippen LogP contribution in [0.5, 0.6) is 0 Å². The number of carbonyl (C=O) groups excluding carboxylic acids is 2. The first kappa shape index (κ1) is 23.9. The SMILES string of the molecule is CCOC(OCC)[C@]1(C(=O)OCc2ccccc2)C(=S)C(=S)CN1C(=O)[C@@H]1CCCN1. The van der Waals surface area contributed by atoms with E-state index in [4.69, 9.17) is 38.6 Å². The molecule has 9 heteroatoms. The molecule has 0 unspecified atom stereocenters. The molecule has 1 amide bonds. The van der Waals surface area contributed by atoms with E-state index in [2.05, 4.69) is 5.32 Å². The predicted octanol–water partition coefficient (Wildman–Crippen LogP) is 2.20. The average molecular weight is 465 g/mol. The van der Waals surface area contributed by atoms with E-state index in [1.54, 1.807) is 13.8 Å². The van der Waals surface area contributed by atoms with Crippen LogP contribution in [0, 0.1) is 0 Å². The smallest absolute Gasteiger partial charge is 0.343 e. The Labute approximate surface area is 193 Å². The van der Waals surface area contributed by atoms with Crippen LogP contribution in [0.2, 0.25) is 0 Å². The highest BCUT2D eigenvalue weighted by atomic mass is 32.1. The van der Waals surface area contributed by atoms with E-state index in [1.165, 1.54) is 4.90 Å². The van der Waals surface area contributed by atoms with Gasteiger partial charge in [-0.25, -0.2) is 4.79 Å². The molecule has 1 aromatic rings. The van der Waals surface area contributed by atoms with Gasteiger partial charge in [0.1, 0.15) is 6.61 Å². The van der Waals surface area contributed by atoms with Gasteiger partial charge in [0.25, 0.3) is 0 Å². The lowest BCUT2D eigenvalue weighted by Crippen LogP contribution is -2.67. The Hall–Kier alpha value is -1.78. The summed E-state index contributed by atoms with van der Waals surface area (Å²) in [6.45, 7) is 4.93. The van der Waals surface area contributed by atoms with Crippen molar-refractivity contribution in [1.82, 2.24) is 10.2 Å². The number of nitrogens with one attached hydrogen (secondary N) is 1. The van der Waals surface area contributed by atoms with Crippen LogP contribution in [0.15, 0.2) is 30.3 Å². The first-order chi connectivity index (χ1) is 15.0. The van der Waals surface area contributed by atoms with Gasteiger partial charge in [-0.3, -0.25) is 4.79 Å². The standard InChI is InChI=1S/C22H28N2O5S2/c1-3-27-21(28-4-2)22(20(26)29-14-15-9-6-5-7-10-15)18(31)17(30)13-24(22)19(25)16-11-8-12-23-16/h5-7,9-10,16,21,23H,3-4,8,11-14H2,1-2H3/t16-,22+/m0/s1. The third-order valence-electron chi connectivity index (χ3n) is 5.45. The van der Waals surface area contributed by atoms with Crippen LogP contribution in [0.1, 0.15) is 32.3 Å². The molecule has 2 aliphatic rings. The number of thiocarbonyl (C=S) groups is 2. The van der Waals surface area contributed by atoms with E-state index in [-0.39, 0.29) is 37.1 Å². The Morgan fingerprint density at radius 2 is 1.87 bits per heavy atom. The van der Waals surface area contributed by atoms with Crippen molar-refractivity contribution in [2.75, 3.05) is 26.3 Å². The fourth-order valence-electron chi connectivity index (χ4n) is 3.97. The molecule has 2 heterocycles. The van der Waals surface area contributed by atoms with Crippen LogP contribution in [-0.4, -0.2) is 70.7 Å². The lowest BCUT2D eigenvalue weighted by Gasteiger charge is -2.41. The summed E-state index contributed by atoms with van der Waals surface area (Å²) >= 11 is 11.1. The Balaban J connectivity index is 2.00. The van der Waals surface area contributed by atoms with Crippen LogP contribution >= 0.6 is 24.4 Å². The summed E-state index contributed by atoms with van der Waals surface area (Å²) in [5.74, 6) is -0.944. The highest BCUT2D eigenvalue weighted by molar-refractivity contribution is 7.89. The number of likely N-dealkylation sites (tertiary alicyclic amines) is 1. The lowest BCUT2D eigenvalue weighted by molar-refractivity contribution is -0.207. The van der Waals surface area contributed by atoms with Crippen LogP contribution in [0.25, 0.3) is 0 Å². The monoisotopic (exact) mass is 464 g/mol. The van der Waals surface area contributed by atoms with Gasteiger partial charge in [0, 0.05) is 13.2 Å². The van der Waals surface area contributed by atoms with Crippen molar-refractivity contribution < 1.29 is 23.8 Å². The van der Waals surface area contributed by atoms with Crippen molar-refractivity contribution in [3.05, 3.63) is 35.9 Å². The van der Waals surface area contributed by atoms with Crippen molar-refractivity contribution in [2.24, 2.45) is 0 Å². The first-order valence-corrected chi connectivity index (χ1v) is 11.3. The summed E-state index contributed by atoms with van der Waals surface area (Å²) in [6, 6.07) is 8.90. The molecular formula is C22H28N2O5S2. The minimum absolute atomic E-state index is 0.0332. The largest absolute Gasteiger partial charge is 0.459 e. The summed E-state index contributed by atoms with van der Waals surface area (Å²) in [5.41, 5.74) is -0.925. The molecule has 31 heavy (non-hydrogen) atoms. The Bertz CT molecular complexity index is 822. The highest BCUT2D eigenvalue weighted by Gasteiger charge is 2.64. The summed E-state index contributed by atoms with van der Waals surface area (Å²) in [5, 5.41) is 3.19. The number of hydrogen-bond donors (Lipinski definition) is 1. The normalized spacial score (nSPS) is 23.6. The van der Waals surface area contributed by atoms with E-state index in [0.717, 1.165) is 18.5 Å². The predicted molar refractivity (Wildman–Crippen MR) is 124 cm³/mol. The molecule has 7 nitrogen and oxygen atoms in total. The van der Waals surface area contributed by atoms with E-state index < -0.39 is 23.8 Å². The van der Waals surface area contributed by atoms with Crippen molar-refractivity contribution in [1.29, 1.82) is 0 Å². The van der Waals surface area contributed by atoms with Crippen LogP contribution < -0.4 is 5.32 Å². The minimum Gasteiger partial charge on any atom is -0.459 e. The van der Waals surface area contributed by atoms with Gasteiger partial charge in [-0.15, -0.1) is 0 Å². The molecule has 0 saturated carbocycles. The number of benzene rings is 1. The summed E-state index contributed by atoms with van der Waals surface area (Å²) in [7, 11) is 0. The molecule has 168 valence electrons. The number of nitrogens with zero attached hydrogens (tertiary/aromatic N) is 1. The van der Waals surface area contributed by atoms with Gasteiger partial charge >= 0.3 is 5.97 Å². The van der Waals surface area contributed by atoms with Gasteiger partial charge < -0.3 is 24.4 Å². The molecule has 0 radical (unpaired) electrons. The Morgan fingerprint density at radius 3 is 2.45 bits per heavy atom. The molecule has 3 rings (SSSR count). The molecule has 0 bridgehead atoms. The molecule has 0 aliphatic carbocycles. The van der Waals surface area contributed by atoms with Gasteiger partial charge in [0.2, 0.25) is 11.4 Å². The van der Waals surface area contributed by atoms with E-state index in [1.807, 2.05) is 30.3 Å². The number of amides is 1. The lowest BCUT2D eigenvalue weighted by atomic mass is 9.93. The van der Waals surface area contributed by atoms with Crippen LogP contribution in [-0.2, 0) is 30.4 Å². The topological polar surface area (TPSA) is 77.1 Å². The van der Waals surface area contributed by atoms with Gasteiger partial charge in [-0.2, -0.15) is 0 Å². The third-order valence-corrected chi connectivity index (χ3v) is 6.47. The maximum atomic E-state index is 13.7. The van der Waals surface area contributed by atoms with Crippen molar-refractivity contribution in [2.45, 2.75) is 51.2 Å². The van der Waals surface area contributed by atoms with Crippen LogP contribution in [0.3, 0.4) is 0 Å². The molecule has 1 aromatic carbocycles. The highest BCUT2D eigenvalue weighted by Crippen LogP contribution is 2.35. The van der Waals surface area contributed by atoms with Gasteiger partial charge in [-0.1, -0.05) is 54.8 Å². The number of esters is 1.